The molecule has 0 aromatic heterocycles. The second kappa shape index (κ2) is 4.93. The van der Waals surface area contributed by atoms with Gasteiger partial charge >= 0.3 is 0 Å². The number of nitrogens with one attached hydrogen (secondary N) is 1. The van der Waals surface area contributed by atoms with Crippen LogP contribution in [0.5, 0.6) is 5.75 Å². The summed E-state index contributed by atoms with van der Waals surface area (Å²) in [4.78, 5) is 0. The molecule has 2 nitrogen and oxygen atoms in total. The van der Waals surface area contributed by atoms with Gasteiger partial charge in [0.1, 0.15) is 5.75 Å². The van der Waals surface area contributed by atoms with Gasteiger partial charge in [0.15, 0.2) is 0 Å². The maximum absolute atomic E-state index is 5.20. The molecule has 0 amide bonds. The van der Waals surface area contributed by atoms with Crippen LogP contribution in [0.25, 0.3) is 0 Å². The highest BCUT2D eigenvalue weighted by Gasteiger charge is 2.39. The van der Waals surface area contributed by atoms with Crippen molar-refractivity contribution in [1.82, 2.24) is 5.32 Å². The van der Waals surface area contributed by atoms with Gasteiger partial charge in [0.25, 0.3) is 0 Å². The smallest absolute Gasteiger partial charge is 0.118 e. The molecule has 0 radical (unpaired) electrons. The summed E-state index contributed by atoms with van der Waals surface area (Å²) in [6.07, 6.45) is 5.77. The molecule has 0 spiro atoms. The zero-order valence-electron chi connectivity index (χ0n) is 11.4. The maximum atomic E-state index is 5.20. The number of hydrogen-bond donors (Lipinski definition) is 1. The molecular weight excluding hydrogens is 222 g/mol. The van der Waals surface area contributed by atoms with Gasteiger partial charge in [-0.1, -0.05) is 18.6 Å². The average molecular weight is 245 g/mol. The Morgan fingerprint density at radius 2 is 1.94 bits per heavy atom. The van der Waals surface area contributed by atoms with Crippen LogP contribution in [0, 0.1) is 11.8 Å². The summed E-state index contributed by atoms with van der Waals surface area (Å²) in [5.41, 5.74) is 1.36. The van der Waals surface area contributed by atoms with Crippen molar-refractivity contribution in [2.45, 2.75) is 44.7 Å². The number of hydrogen-bond acceptors (Lipinski definition) is 2. The van der Waals surface area contributed by atoms with Crippen LogP contribution in [0.15, 0.2) is 24.3 Å². The van der Waals surface area contributed by atoms with E-state index < -0.39 is 0 Å². The molecule has 98 valence electrons. The maximum Gasteiger partial charge on any atom is 0.118 e. The Morgan fingerprint density at radius 3 is 2.50 bits per heavy atom. The molecule has 2 saturated carbocycles. The SMILES string of the molecule is COc1ccc(C(C)NC2CC3CCC2C3)cc1. The third kappa shape index (κ3) is 2.26. The standard InChI is InChI=1S/C16H23NO/c1-11(13-5-7-15(18-2)8-6-13)17-16-10-12-3-4-14(16)9-12/h5-8,11-12,14,16-17H,3-4,9-10H2,1-2H3. The molecule has 4 atom stereocenters. The molecule has 1 aromatic carbocycles. The van der Waals surface area contributed by atoms with Crippen molar-refractivity contribution in [2.24, 2.45) is 11.8 Å². The van der Waals surface area contributed by atoms with E-state index >= 15 is 0 Å². The number of ether oxygens (including phenoxy) is 1. The summed E-state index contributed by atoms with van der Waals surface area (Å²) in [6.45, 7) is 2.27. The molecule has 2 heteroatoms. The van der Waals surface area contributed by atoms with Gasteiger partial charge in [0, 0.05) is 12.1 Å². The van der Waals surface area contributed by atoms with Gasteiger partial charge in [-0.3, -0.25) is 0 Å². The van der Waals surface area contributed by atoms with E-state index in [9.17, 15) is 0 Å². The van der Waals surface area contributed by atoms with E-state index in [4.69, 9.17) is 4.74 Å². The summed E-state index contributed by atoms with van der Waals surface area (Å²) in [5.74, 6) is 2.89. The first-order valence-corrected chi connectivity index (χ1v) is 7.16. The molecule has 4 unspecified atom stereocenters. The predicted octanol–water partition coefficient (Wildman–Crippen LogP) is 3.53. The second-order valence-electron chi connectivity index (χ2n) is 5.94. The second-order valence-corrected chi connectivity index (χ2v) is 5.94. The van der Waals surface area contributed by atoms with Crippen LogP contribution >= 0.6 is 0 Å². The van der Waals surface area contributed by atoms with E-state index in [0.29, 0.717) is 6.04 Å². The molecular formula is C16H23NO. The van der Waals surface area contributed by atoms with Crippen LogP contribution < -0.4 is 10.1 Å². The first-order valence-electron chi connectivity index (χ1n) is 7.16. The van der Waals surface area contributed by atoms with Crippen molar-refractivity contribution < 1.29 is 4.74 Å². The van der Waals surface area contributed by atoms with E-state index in [1.165, 1.54) is 31.2 Å². The van der Waals surface area contributed by atoms with Gasteiger partial charge in [-0.25, -0.2) is 0 Å². The average Bonchev–Trinajstić information content (AvgIpc) is 3.01. The normalized spacial score (nSPS) is 31.6. The Labute approximate surface area is 110 Å². The van der Waals surface area contributed by atoms with Crippen molar-refractivity contribution in [3.8, 4) is 5.75 Å². The fraction of sp³-hybridized carbons (Fsp3) is 0.625. The van der Waals surface area contributed by atoms with E-state index in [1.54, 1.807) is 7.11 Å². The van der Waals surface area contributed by atoms with Crippen molar-refractivity contribution in [3.05, 3.63) is 29.8 Å². The van der Waals surface area contributed by atoms with Crippen LogP contribution in [-0.4, -0.2) is 13.2 Å². The molecule has 1 N–H and O–H groups in total. The molecule has 2 aliphatic carbocycles. The van der Waals surface area contributed by atoms with Gasteiger partial charge in [-0.15, -0.1) is 0 Å². The summed E-state index contributed by atoms with van der Waals surface area (Å²) < 4.78 is 5.20. The van der Waals surface area contributed by atoms with Crippen LogP contribution in [0.2, 0.25) is 0 Å². The molecule has 0 aliphatic heterocycles. The van der Waals surface area contributed by atoms with E-state index in [-0.39, 0.29) is 0 Å². The van der Waals surface area contributed by atoms with Gasteiger partial charge < -0.3 is 10.1 Å². The summed E-state index contributed by atoms with van der Waals surface area (Å²) in [6, 6.07) is 9.64. The number of benzene rings is 1. The summed E-state index contributed by atoms with van der Waals surface area (Å²) >= 11 is 0. The fourth-order valence-corrected chi connectivity index (χ4v) is 3.76. The minimum absolute atomic E-state index is 0.445. The minimum atomic E-state index is 0.445. The topological polar surface area (TPSA) is 21.3 Å². The van der Waals surface area contributed by atoms with E-state index in [1.807, 2.05) is 12.1 Å². The largest absolute Gasteiger partial charge is 0.497 e. The fourth-order valence-electron chi connectivity index (χ4n) is 3.76. The monoisotopic (exact) mass is 245 g/mol. The Kier molecular flexibility index (Phi) is 3.29. The quantitative estimate of drug-likeness (QED) is 0.876. The van der Waals surface area contributed by atoms with Gasteiger partial charge in [-0.2, -0.15) is 0 Å². The zero-order chi connectivity index (χ0) is 12.5. The molecule has 3 rings (SSSR count). The number of methoxy groups -OCH3 is 1. The molecule has 0 saturated heterocycles. The minimum Gasteiger partial charge on any atom is -0.497 e. The molecule has 2 fully saturated rings. The Balaban J connectivity index is 1.62. The van der Waals surface area contributed by atoms with E-state index in [0.717, 1.165) is 23.6 Å². The van der Waals surface area contributed by atoms with Crippen LogP contribution in [0.4, 0.5) is 0 Å². The van der Waals surface area contributed by atoms with Crippen LogP contribution in [-0.2, 0) is 0 Å². The van der Waals surface area contributed by atoms with Gasteiger partial charge in [-0.05, 0) is 55.7 Å². The molecule has 2 bridgehead atoms. The highest BCUT2D eigenvalue weighted by Crippen LogP contribution is 2.45. The van der Waals surface area contributed by atoms with Crippen LogP contribution in [0.1, 0.15) is 44.2 Å². The van der Waals surface area contributed by atoms with Gasteiger partial charge in [0.05, 0.1) is 7.11 Å². The highest BCUT2D eigenvalue weighted by molar-refractivity contribution is 5.28. The van der Waals surface area contributed by atoms with Crippen molar-refractivity contribution in [1.29, 1.82) is 0 Å². The molecule has 2 aliphatic rings. The number of fused-ring (bicyclic) bond motifs is 2. The van der Waals surface area contributed by atoms with E-state index in [2.05, 4.69) is 24.4 Å². The highest BCUT2D eigenvalue weighted by atomic mass is 16.5. The van der Waals surface area contributed by atoms with Crippen LogP contribution in [0.3, 0.4) is 0 Å². The first-order chi connectivity index (χ1) is 8.76. The lowest BCUT2D eigenvalue weighted by molar-refractivity contribution is 0.327. The lowest BCUT2D eigenvalue weighted by Gasteiger charge is -2.27. The Hall–Kier alpha value is -1.02. The third-order valence-electron chi connectivity index (χ3n) is 4.82. The van der Waals surface area contributed by atoms with Crippen molar-refractivity contribution in [3.63, 3.8) is 0 Å². The Morgan fingerprint density at radius 1 is 1.17 bits per heavy atom. The lowest BCUT2D eigenvalue weighted by Crippen LogP contribution is -2.35. The molecule has 0 heterocycles. The first kappa shape index (κ1) is 12.0. The zero-order valence-corrected chi connectivity index (χ0v) is 11.4. The molecule has 1 aromatic rings. The lowest BCUT2D eigenvalue weighted by atomic mass is 9.94. The third-order valence-corrected chi connectivity index (χ3v) is 4.82. The van der Waals surface area contributed by atoms with Crippen molar-refractivity contribution >= 4 is 0 Å². The molecule has 18 heavy (non-hydrogen) atoms. The van der Waals surface area contributed by atoms with Gasteiger partial charge in [0.2, 0.25) is 0 Å². The summed E-state index contributed by atoms with van der Waals surface area (Å²) in [7, 11) is 1.71. The van der Waals surface area contributed by atoms with Crippen molar-refractivity contribution in [2.75, 3.05) is 7.11 Å². The predicted molar refractivity (Wildman–Crippen MR) is 73.8 cm³/mol. The summed E-state index contributed by atoms with van der Waals surface area (Å²) in [5, 5.41) is 3.82. The Bertz CT molecular complexity index is 400. The number of rotatable bonds is 4.